The Morgan fingerprint density at radius 3 is 2.23 bits per heavy atom. The Morgan fingerprint density at radius 2 is 1.45 bits per heavy atom. The smallest absolute Gasteiger partial charge is 0.0936 e. The highest BCUT2D eigenvalue weighted by Gasteiger charge is 2.59. The molecular weight excluding hydrogens is 763 g/mol. The Balaban J connectivity index is 0.912. The third-order valence-corrected chi connectivity index (χ3v) is 17.1. The number of ether oxygens (including phenoxy) is 4. The van der Waals surface area contributed by atoms with Crippen LogP contribution in [0.5, 0.6) is 0 Å². The standard InChI is InChI=1S/C57H101NO4/c1-7-8-9-10-11-12-13-14-15-16-17-18-19-20-21-25-39-60-46-51(45-58-37-23-22-24-38-58)62-43-41-59-40-42-61-50-33-35-56(5)49(44-50)29-30-52-54-32-31-53(48(4)28-26-27-47(2)3)57(54,6)36-34-55(52)56/h11-12,14-15,29,47-48,50-55H,7-10,13,16-28,30-46H2,1-6H3/b12-11-,15-14-/t48?,50-,51?,52?,53?,54?,55?,56-,57+/m1/s1. The zero-order chi connectivity index (χ0) is 43.9. The lowest BCUT2D eigenvalue weighted by atomic mass is 9.47. The van der Waals surface area contributed by atoms with Crippen molar-refractivity contribution in [3.63, 3.8) is 0 Å². The van der Waals surface area contributed by atoms with Crippen molar-refractivity contribution in [2.24, 2.45) is 46.3 Å². The fourth-order valence-corrected chi connectivity index (χ4v) is 13.4. The summed E-state index contributed by atoms with van der Waals surface area (Å²) < 4.78 is 25.2. The van der Waals surface area contributed by atoms with Gasteiger partial charge in [-0.15, -0.1) is 0 Å². The van der Waals surface area contributed by atoms with Gasteiger partial charge >= 0.3 is 0 Å². The zero-order valence-corrected chi connectivity index (χ0v) is 41.8. The number of allylic oxidation sites excluding steroid dienone is 5. The van der Waals surface area contributed by atoms with Crippen molar-refractivity contribution in [2.45, 2.75) is 221 Å². The first-order valence-electron chi connectivity index (χ1n) is 27.3. The van der Waals surface area contributed by atoms with Crippen LogP contribution >= 0.6 is 0 Å². The van der Waals surface area contributed by atoms with Gasteiger partial charge in [-0.05, 0) is 162 Å². The lowest BCUT2D eigenvalue weighted by Gasteiger charge is -2.58. The maximum Gasteiger partial charge on any atom is 0.0936 e. The van der Waals surface area contributed by atoms with Gasteiger partial charge in [0.1, 0.15) is 0 Å². The number of piperidine rings is 1. The molecule has 62 heavy (non-hydrogen) atoms. The zero-order valence-electron chi connectivity index (χ0n) is 41.8. The van der Waals surface area contributed by atoms with Crippen LogP contribution in [0.4, 0.5) is 0 Å². The van der Waals surface area contributed by atoms with Gasteiger partial charge in [-0.1, -0.05) is 142 Å². The van der Waals surface area contributed by atoms with Crippen molar-refractivity contribution in [2.75, 3.05) is 59.3 Å². The Bertz CT molecular complexity index is 1270. The highest BCUT2D eigenvalue weighted by atomic mass is 16.6. The normalized spacial score (nSPS) is 30.2. The fourth-order valence-electron chi connectivity index (χ4n) is 13.4. The van der Waals surface area contributed by atoms with Crippen LogP contribution in [0.2, 0.25) is 0 Å². The Kier molecular flexibility index (Phi) is 24.3. The third-order valence-electron chi connectivity index (χ3n) is 17.1. The first-order valence-corrected chi connectivity index (χ1v) is 27.3. The molecule has 0 amide bonds. The van der Waals surface area contributed by atoms with E-state index in [4.69, 9.17) is 18.9 Å². The van der Waals surface area contributed by atoms with Crippen LogP contribution in [-0.4, -0.2) is 76.4 Å². The number of hydrogen-bond acceptors (Lipinski definition) is 5. The van der Waals surface area contributed by atoms with Crippen LogP contribution in [-0.2, 0) is 18.9 Å². The summed E-state index contributed by atoms with van der Waals surface area (Å²) in [6.07, 6.45) is 46.9. The maximum atomic E-state index is 6.52. The van der Waals surface area contributed by atoms with E-state index < -0.39 is 0 Å². The van der Waals surface area contributed by atoms with Crippen molar-refractivity contribution in [3.05, 3.63) is 36.0 Å². The molecule has 0 aromatic carbocycles. The molecule has 6 unspecified atom stereocenters. The highest BCUT2D eigenvalue weighted by Crippen LogP contribution is 2.67. The van der Waals surface area contributed by atoms with E-state index in [9.17, 15) is 0 Å². The maximum absolute atomic E-state index is 6.52. The van der Waals surface area contributed by atoms with Gasteiger partial charge < -0.3 is 23.8 Å². The van der Waals surface area contributed by atoms with Gasteiger partial charge in [0, 0.05) is 13.2 Å². The average Bonchev–Trinajstić information content (AvgIpc) is 3.63. The van der Waals surface area contributed by atoms with Gasteiger partial charge in [-0.2, -0.15) is 0 Å². The SMILES string of the molecule is CCCCC/C=C\C/C=C\CCCCCCCCOCC(CN1CCCCC1)OCCOCCO[C@@H]1CC[C@]2(C)C(=CCC3C4CCC(C(C)CCCC(C)C)[C@]4(C)CCC32)C1. The predicted molar refractivity (Wildman–Crippen MR) is 264 cm³/mol. The van der Waals surface area contributed by atoms with Crippen LogP contribution in [0, 0.1) is 46.3 Å². The van der Waals surface area contributed by atoms with E-state index in [1.165, 1.54) is 161 Å². The summed E-state index contributed by atoms with van der Waals surface area (Å²) in [7, 11) is 0. The van der Waals surface area contributed by atoms with Crippen LogP contribution in [0.25, 0.3) is 0 Å². The van der Waals surface area contributed by atoms with Gasteiger partial charge in [0.05, 0.1) is 45.2 Å². The lowest BCUT2D eigenvalue weighted by Crippen LogP contribution is -2.51. The number of likely N-dealkylation sites (tertiary alicyclic amines) is 1. The second-order valence-corrected chi connectivity index (χ2v) is 22.2. The van der Waals surface area contributed by atoms with E-state index in [1.54, 1.807) is 5.57 Å². The van der Waals surface area contributed by atoms with Crippen molar-refractivity contribution in [1.82, 2.24) is 4.90 Å². The van der Waals surface area contributed by atoms with Crippen molar-refractivity contribution in [3.8, 4) is 0 Å². The molecule has 5 nitrogen and oxygen atoms in total. The minimum Gasteiger partial charge on any atom is -0.379 e. The van der Waals surface area contributed by atoms with Gasteiger partial charge in [0.25, 0.3) is 0 Å². The van der Waals surface area contributed by atoms with E-state index >= 15 is 0 Å². The predicted octanol–water partition coefficient (Wildman–Crippen LogP) is 15.1. The van der Waals surface area contributed by atoms with Crippen molar-refractivity contribution >= 4 is 0 Å². The van der Waals surface area contributed by atoms with Gasteiger partial charge in [-0.25, -0.2) is 0 Å². The van der Waals surface area contributed by atoms with E-state index in [2.05, 4.69) is 76.8 Å². The number of hydrogen-bond donors (Lipinski definition) is 0. The molecule has 0 N–H and O–H groups in total. The number of fused-ring (bicyclic) bond motifs is 5. The van der Waals surface area contributed by atoms with E-state index in [1.807, 2.05) is 0 Å². The molecule has 0 spiro atoms. The summed E-state index contributed by atoms with van der Waals surface area (Å²) in [5, 5.41) is 0. The monoisotopic (exact) mass is 864 g/mol. The molecule has 1 heterocycles. The van der Waals surface area contributed by atoms with Crippen LogP contribution in [0.15, 0.2) is 36.0 Å². The average molecular weight is 864 g/mol. The Morgan fingerprint density at radius 1 is 0.710 bits per heavy atom. The second kappa shape index (κ2) is 28.9. The largest absolute Gasteiger partial charge is 0.379 e. The minimum atomic E-state index is 0.119. The molecule has 5 heteroatoms. The molecule has 4 aliphatic carbocycles. The van der Waals surface area contributed by atoms with Gasteiger partial charge in [-0.3, -0.25) is 0 Å². The molecule has 0 aromatic heterocycles. The van der Waals surface area contributed by atoms with E-state index in [0.717, 1.165) is 67.9 Å². The van der Waals surface area contributed by atoms with Crippen LogP contribution < -0.4 is 0 Å². The summed E-state index contributed by atoms with van der Waals surface area (Å²) in [5.74, 6) is 5.37. The van der Waals surface area contributed by atoms with Crippen LogP contribution in [0.3, 0.4) is 0 Å². The van der Waals surface area contributed by atoms with Crippen molar-refractivity contribution in [1.29, 1.82) is 0 Å². The summed E-state index contributed by atoms with van der Waals surface area (Å²) in [6, 6.07) is 0. The molecule has 9 atom stereocenters. The molecule has 3 saturated carbocycles. The molecule has 358 valence electrons. The topological polar surface area (TPSA) is 40.2 Å². The summed E-state index contributed by atoms with van der Waals surface area (Å²) in [5.41, 5.74) is 2.68. The molecule has 0 aromatic rings. The molecule has 0 bridgehead atoms. The quantitative estimate of drug-likeness (QED) is 0.0498. The Hall–Kier alpha value is -0.980. The summed E-state index contributed by atoms with van der Waals surface area (Å²) >= 11 is 0. The summed E-state index contributed by atoms with van der Waals surface area (Å²) in [6.45, 7) is 22.5. The molecule has 1 saturated heterocycles. The van der Waals surface area contributed by atoms with Crippen molar-refractivity contribution < 1.29 is 18.9 Å². The molecule has 5 rings (SSSR count). The van der Waals surface area contributed by atoms with E-state index in [0.29, 0.717) is 50.0 Å². The number of unbranched alkanes of at least 4 members (excludes halogenated alkanes) is 9. The fraction of sp³-hybridized carbons (Fsp3) is 0.895. The highest BCUT2D eigenvalue weighted by molar-refractivity contribution is 5.25. The first kappa shape index (κ1) is 52.0. The Labute approximate surface area is 384 Å². The first-order chi connectivity index (χ1) is 30.2. The lowest BCUT2D eigenvalue weighted by molar-refractivity contribution is -0.0737. The molecule has 0 radical (unpaired) electrons. The molecule has 1 aliphatic heterocycles. The van der Waals surface area contributed by atoms with Crippen LogP contribution in [0.1, 0.15) is 208 Å². The number of nitrogens with zero attached hydrogens (tertiary/aromatic N) is 1. The summed E-state index contributed by atoms with van der Waals surface area (Å²) in [4.78, 5) is 2.58. The van der Waals surface area contributed by atoms with Gasteiger partial charge in [0.15, 0.2) is 0 Å². The number of rotatable bonds is 32. The molecule has 5 aliphatic rings. The van der Waals surface area contributed by atoms with Gasteiger partial charge in [0.2, 0.25) is 0 Å². The molecular formula is C57H101NO4. The molecule has 4 fully saturated rings. The third kappa shape index (κ3) is 16.7. The second-order valence-electron chi connectivity index (χ2n) is 22.2. The minimum absolute atomic E-state index is 0.119. The van der Waals surface area contributed by atoms with E-state index in [-0.39, 0.29) is 6.10 Å².